The topological polar surface area (TPSA) is 78.9 Å². The molecule has 0 aliphatic heterocycles. The number of hydrogen-bond donors (Lipinski definition) is 0. The first-order chi connectivity index (χ1) is 30.5. The zero-order valence-electron chi connectivity index (χ0n) is 41.4. The lowest BCUT2D eigenvalue weighted by Crippen LogP contribution is -2.30. The van der Waals surface area contributed by atoms with Crippen molar-refractivity contribution in [3.8, 4) is 0 Å². The SMILES string of the molecule is CCCCCCC/C=C\C/C=C\C/C=C\CCCCCCCCCCCCCCC(=O)OCC(COC(=O)CCCCCCCC)OC(=O)CCCCCCCCCCCCC. The van der Waals surface area contributed by atoms with E-state index in [-0.39, 0.29) is 31.1 Å². The van der Waals surface area contributed by atoms with Crippen molar-refractivity contribution >= 4 is 17.9 Å². The van der Waals surface area contributed by atoms with Crippen molar-refractivity contribution in [3.05, 3.63) is 36.5 Å². The van der Waals surface area contributed by atoms with E-state index in [1.807, 2.05) is 0 Å². The van der Waals surface area contributed by atoms with E-state index in [0.29, 0.717) is 19.3 Å². The number of allylic oxidation sites excluding steroid dienone is 6. The first-order valence-corrected chi connectivity index (χ1v) is 27.0. The molecule has 0 aromatic heterocycles. The lowest BCUT2D eigenvalue weighted by molar-refractivity contribution is -0.167. The van der Waals surface area contributed by atoms with E-state index in [0.717, 1.165) is 70.6 Å². The molecule has 0 aliphatic rings. The molecule has 0 saturated heterocycles. The molecular formula is C56H102O6. The Labute approximate surface area is 385 Å². The quantitative estimate of drug-likeness (QED) is 0.0262. The van der Waals surface area contributed by atoms with Crippen molar-refractivity contribution in [1.29, 1.82) is 0 Å². The van der Waals surface area contributed by atoms with Gasteiger partial charge in [0.25, 0.3) is 0 Å². The fourth-order valence-corrected chi connectivity index (χ4v) is 7.80. The minimum absolute atomic E-state index is 0.0696. The summed E-state index contributed by atoms with van der Waals surface area (Å²) in [4.78, 5) is 37.7. The van der Waals surface area contributed by atoms with Crippen molar-refractivity contribution in [3.63, 3.8) is 0 Å². The zero-order chi connectivity index (χ0) is 45.1. The normalized spacial score (nSPS) is 12.2. The van der Waals surface area contributed by atoms with Crippen LogP contribution in [0.25, 0.3) is 0 Å². The molecule has 0 aromatic rings. The lowest BCUT2D eigenvalue weighted by atomic mass is 10.0. The molecule has 6 nitrogen and oxygen atoms in total. The van der Waals surface area contributed by atoms with Gasteiger partial charge in [-0.1, -0.05) is 243 Å². The predicted molar refractivity (Wildman–Crippen MR) is 266 cm³/mol. The molecule has 0 N–H and O–H groups in total. The second-order valence-electron chi connectivity index (χ2n) is 18.2. The van der Waals surface area contributed by atoms with Crippen LogP contribution < -0.4 is 0 Å². The highest BCUT2D eigenvalue weighted by Crippen LogP contribution is 2.16. The van der Waals surface area contributed by atoms with Gasteiger partial charge in [-0.15, -0.1) is 0 Å². The van der Waals surface area contributed by atoms with Crippen LogP contribution >= 0.6 is 0 Å². The van der Waals surface area contributed by atoms with Crippen LogP contribution in [0.4, 0.5) is 0 Å². The number of unbranched alkanes of at least 4 members (excludes halogenated alkanes) is 32. The zero-order valence-corrected chi connectivity index (χ0v) is 41.4. The molecular weight excluding hydrogens is 769 g/mol. The minimum Gasteiger partial charge on any atom is -0.462 e. The summed E-state index contributed by atoms with van der Waals surface area (Å²) in [5.74, 6) is -0.872. The van der Waals surface area contributed by atoms with Gasteiger partial charge in [-0.25, -0.2) is 0 Å². The van der Waals surface area contributed by atoms with Crippen molar-refractivity contribution in [2.45, 2.75) is 290 Å². The molecule has 0 heterocycles. The highest BCUT2D eigenvalue weighted by atomic mass is 16.6. The van der Waals surface area contributed by atoms with Gasteiger partial charge >= 0.3 is 17.9 Å². The summed E-state index contributed by atoms with van der Waals surface area (Å²) in [6, 6.07) is 0. The summed E-state index contributed by atoms with van der Waals surface area (Å²) in [6.07, 6.45) is 60.3. The van der Waals surface area contributed by atoms with Crippen molar-refractivity contribution in [1.82, 2.24) is 0 Å². The first kappa shape index (κ1) is 59.6. The molecule has 0 aromatic carbocycles. The molecule has 362 valence electrons. The van der Waals surface area contributed by atoms with Gasteiger partial charge in [0, 0.05) is 19.3 Å². The van der Waals surface area contributed by atoms with Crippen LogP contribution in [0.15, 0.2) is 36.5 Å². The Morgan fingerprint density at radius 3 is 0.903 bits per heavy atom. The molecule has 0 spiro atoms. The minimum atomic E-state index is -0.764. The second kappa shape index (κ2) is 51.3. The van der Waals surface area contributed by atoms with Crippen molar-refractivity contribution < 1.29 is 28.6 Å². The summed E-state index contributed by atoms with van der Waals surface area (Å²) in [6.45, 7) is 6.58. The lowest BCUT2D eigenvalue weighted by Gasteiger charge is -2.18. The number of esters is 3. The fraction of sp³-hybridized carbons (Fsp3) is 0.839. The van der Waals surface area contributed by atoms with Gasteiger partial charge in [-0.2, -0.15) is 0 Å². The summed E-state index contributed by atoms with van der Waals surface area (Å²) >= 11 is 0. The van der Waals surface area contributed by atoms with Crippen LogP contribution in [0.5, 0.6) is 0 Å². The maximum Gasteiger partial charge on any atom is 0.306 e. The van der Waals surface area contributed by atoms with Crippen LogP contribution in [0.3, 0.4) is 0 Å². The molecule has 1 atom stereocenters. The van der Waals surface area contributed by atoms with Crippen molar-refractivity contribution in [2.24, 2.45) is 0 Å². The smallest absolute Gasteiger partial charge is 0.306 e. The number of rotatable bonds is 49. The van der Waals surface area contributed by atoms with E-state index in [1.54, 1.807) is 0 Å². The van der Waals surface area contributed by atoms with Crippen LogP contribution in [0.1, 0.15) is 284 Å². The van der Waals surface area contributed by atoms with Gasteiger partial charge in [0.1, 0.15) is 13.2 Å². The molecule has 0 bridgehead atoms. The second-order valence-corrected chi connectivity index (χ2v) is 18.2. The van der Waals surface area contributed by atoms with Gasteiger partial charge < -0.3 is 14.2 Å². The summed E-state index contributed by atoms with van der Waals surface area (Å²) in [5.41, 5.74) is 0. The molecule has 6 heteroatoms. The summed E-state index contributed by atoms with van der Waals surface area (Å²) in [5, 5.41) is 0. The predicted octanol–water partition coefficient (Wildman–Crippen LogP) is 17.7. The Bertz CT molecular complexity index is 1050. The highest BCUT2D eigenvalue weighted by Gasteiger charge is 2.19. The molecule has 1 unspecified atom stereocenters. The average molecular weight is 871 g/mol. The monoisotopic (exact) mass is 871 g/mol. The van der Waals surface area contributed by atoms with Gasteiger partial charge in [0.05, 0.1) is 0 Å². The Morgan fingerprint density at radius 1 is 0.323 bits per heavy atom. The molecule has 0 aliphatic carbocycles. The molecule has 0 amide bonds. The first-order valence-electron chi connectivity index (χ1n) is 27.0. The third-order valence-electron chi connectivity index (χ3n) is 11.9. The van der Waals surface area contributed by atoms with E-state index in [2.05, 4.69) is 57.2 Å². The third-order valence-corrected chi connectivity index (χ3v) is 11.9. The van der Waals surface area contributed by atoms with Gasteiger partial charge in [0.15, 0.2) is 6.10 Å². The Kier molecular flexibility index (Phi) is 49.3. The van der Waals surface area contributed by atoms with E-state index < -0.39 is 6.10 Å². The molecule has 0 saturated carbocycles. The average Bonchev–Trinajstić information content (AvgIpc) is 3.27. The van der Waals surface area contributed by atoms with Crippen molar-refractivity contribution in [2.75, 3.05) is 13.2 Å². The highest BCUT2D eigenvalue weighted by molar-refractivity contribution is 5.71. The van der Waals surface area contributed by atoms with E-state index in [9.17, 15) is 14.4 Å². The van der Waals surface area contributed by atoms with Crippen LogP contribution in [-0.4, -0.2) is 37.2 Å². The molecule has 62 heavy (non-hydrogen) atoms. The van der Waals surface area contributed by atoms with E-state index in [4.69, 9.17) is 14.2 Å². The number of ether oxygens (including phenoxy) is 3. The largest absolute Gasteiger partial charge is 0.462 e. The van der Waals surface area contributed by atoms with Gasteiger partial charge in [0.2, 0.25) is 0 Å². The van der Waals surface area contributed by atoms with E-state index >= 15 is 0 Å². The number of carbonyl (C=O) groups excluding carboxylic acids is 3. The van der Waals surface area contributed by atoms with Crippen LogP contribution in [0.2, 0.25) is 0 Å². The summed E-state index contributed by atoms with van der Waals surface area (Å²) in [7, 11) is 0. The summed E-state index contributed by atoms with van der Waals surface area (Å²) < 4.78 is 16.7. The van der Waals surface area contributed by atoms with Gasteiger partial charge in [-0.3, -0.25) is 14.4 Å². The standard InChI is InChI=1S/C56H102O6/c1-4-7-10-13-16-18-20-21-22-23-24-25-26-27-28-29-30-31-32-33-34-35-37-38-40-43-46-49-55(58)61-52-53(51-60-54(57)48-45-42-15-12-9-6-3)62-56(59)50-47-44-41-39-36-19-17-14-11-8-5-2/h20-21,23-24,26-27,53H,4-19,22,25,28-52H2,1-3H3/b21-20-,24-23-,27-26-. The Hall–Kier alpha value is -2.37. The van der Waals surface area contributed by atoms with Crippen LogP contribution in [-0.2, 0) is 28.6 Å². The molecule has 0 radical (unpaired) electrons. The Morgan fingerprint density at radius 2 is 0.581 bits per heavy atom. The number of hydrogen-bond acceptors (Lipinski definition) is 6. The molecule has 0 rings (SSSR count). The Balaban J connectivity index is 4.03. The molecule has 0 fully saturated rings. The third kappa shape index (κ3) is 48.7. The maximum atomic E-state index is 12.7. The fourth-order valence-electron chi connectivity index (χ4n) is 7.80. The van der Waals surface area contributed by atoms with Crippen LogP contribution in [0, 0.1) is 0 Å². The number of carbonyl (C=O) groups is 3. The maximum absolute atomic E-state index is 12.7. The van der Waals surface area contributed by atoms with E-state index in [1.165, 1.54) is 173 Å². The van der Waals surface area contributed by atoms with Gasteiger partial charge in [-0.05, 0) is 57.8 Å².